The Morgan fingerprint density at radius 1 is 1.32 bits per heavy atom. The Labute approximate surface area is 122 Å². The molecular formula is C11H16ClN3O2S2. The van der Waals surface area contributed by atoms with Crippen molar-refractivity contribution in [3.05, 3.63) is 16.5 Å². The van der Waals surface area contributed by atoms with Crippen LogP contribution < -0.4 is 4.72 Å². The standard InChI is InChI=1S/C11H16ClN3O2S2/c12-10-1-2-11(18-10)19(16,17)13-7-9-8-14-3-5-15(9)6-4-14/h1-2,9,13H,3-8H2. The summed E-state index contributed by atoms with van der Waals surface area (Å²) >= 11 is 6.87. The molecule has 3 aliphatic heterocycles. The quantitative estimate of drug-likeness (QED) is 0.886. The smallest absolute Gasteiger partial charge is 0.250 e. The number of thiophene rings is 1. The molecule has 0 aromatic carbocycles. The van der Waals surface area contributed by atoms with Crippen molar-refractivity contribution in [2.75, 3.05) is 39.3 Å². The zero-order valence-corrected chi connectivity index (χ0v) is 12.8. The molecular weight excluding hydrogens is 306 g/mol. The zero-order chi connectivity index (χ0) is 13.5. The summed E-state index contributed by atoms with van der Waals surface area (Å²) in [6, 6.07) is 3.44. The van der Waals surface area contributed by atoms with Crippen LogP contribution in [0, 0.1) is 0 Å². The van der Waals surface area contributed by atoms with Crippen LogP contribution in [0.25, 0.3) is 0 Å². The minimum absolute atomic E-state index is 0.285. The van der Waals surface area contributed by atoms with Crippen molar-refractivity contribution in [3.63, 3.8) is 0 Å². The number of fused-ring (bicyclic) bond motifs is 3. The maximum atomic E-state index is 12.1. The Hall–Kier alpha value is -0.180. The molecule has 5 nitrogen and oxygen atoms in total. The van der Waals surface area contributed by atoms with Crippen molar-refractivity contribution in [2.24, 2.45) is 0 Å². The van der Waals surface area contributed by atoms with Gasteiger partial charge in [0.15, 0.2) is 0 Å². The van der Waals surface area contributed by atoms with Gasteiger partial charge in [0.1, 0.15) is 4.21 Å². The van der Waals surface area contributed by atoms with Gasteiger partial charge in [-0.05, 0) is 12.1 Å². The topological polar surface area (TPSA) is 52.7 Å². The summed E-state index contributed by atoms with van der Waals surface area (Å²) in [6.07, 6.45) is 0. The summed E-state index contributed by atoms with van der Waals surface area (Å²) in [7, 11) is -3.42. The molecule has 1 unspecified atom stereocenters. The van der Waals surface area contributed by atoms with E-state index in [1.165, 1.54) is 0 Å². The van der Waals surface area contributed by atoms with Crippen LogP contribution >= 0.6 is 22.9 Å². The number of hydrogen-bond donors (Lipinski definition) is 1. The first-order valence-corrected chi connectivity index (χ1v) is 8.94. The van der Waals surface area contributed by atoms with Crippen LogP contribution in [0.5, 0.6) is 0 Å². The third-order valence-corrected chi connectivity index (χ3v) is 6.86. The average molecular weight is 322 g/mol. The Kier molecular flexibility index (Phi) is 3.85. The van der Waals surface area contributed by atoms with Crippen molar-refractivity contribution in [3.8, 4) is 0 Å². The van der Waals surface area contributed by atoms with Crippen molar-refractivity contribution in [1.29, 1.82) is 0 Å². The van der Waals surface area contributed by atoms with E-state index < -0.39 is 10.0 Å². The molecule has 0 aliphatic carbocycles. The van der Waals surface area contributed by atoms with E-state index in [0.29, 0.717) is 10.9 Å². The van der Waals surface area contributed by atoms with Crippen molar-refractivity contribution in [1.82, 2.24) is 14.5 Å². The van der Waals surface area contributed by atoms with Gasteiger partial charge in [0, 0.05) is 45.3 Å². The highest BCUT2D eigenvalue weighted by atomic mass is 35.5. The Morgan fingerprint density at radius 2 is 2.05 bits per heavy atom. The predicted molar refractivity (Wildman–Crippen MR) is 76.3 cm³/mol. The molecule has 4 heterocycles. The molecule has 0 saturated carbocycles. The fourth-order valence-corrected chi connectivity index (χ4v) is 5.24. The second-order valence-corrected chi connectivity index (χ2v) is 8.61. The average Bonchev–Trinajstić information content (AvgIpc) is 2.86. The second-order valence-electron chi connectivity index (χ2n) is 4.90. The number of sulfonamides is 1. The van der Waals surface area contributed by atoms with Crippen molar-refractivity contribution >= 4 is 33.0 Å². The summed E-state index contributed by atoms with van der Waals surface area (Å²) in [5, 5.41) is 0. The van der Waals surface area contributed by atoms with E-state index in [-0.39, 0.29) is 10.3 Å². The number of piperazine rings is 3. The van der Waals surface area contributed by atoms with E-state index in [9.17, 15) is 8.42 Å². The summed E-state index contributed by atoms with van der Waals surface area (Å²) in [5.41, 5.74) is 0. The minimum atomic E-state index is -3.42. The van der Waals surface area contributed by atoms with Gasteiger partial charge in [0.05, 0.1) is 4.34 Å². The molecule has 0 radical (unpaired) electrons. The van der Waals surface area contributed by atoms with Crippen LogP contribution in [-0.4, -0.2) is 63.5 Å². The van der Waals surface area contributed by atoms with Crippen molar-refractivity contribution in [2.45, 2.75) is 10.3 Å². The van der Waals surface area contributed by atoms with Gasteiger partial charge >= 0.3 is 0 Å². The minimum Gasteiger partial charge on any atom is -0.299 e. The molecule has 3 fully saturated rings. The summed E-state index contributed by atoms with van der Waals surface area (Å²) < 4.78 is 27.7. The first-order chi connectivity index (χ1) is 9.04. The largest absolute Gasteiger partial charge is 0.299 e. The van der Waals surface area contributed by atoms with E-state index in [0.717, 1.165) is 44.1 Å². The molecule has 1 aromatic rings. The van der Waals surface area contributed by atoms with Gasteiger partial charge in [-0.3, -0.25) is 9.80 Å². The molecule has 3 saturated heterocycles. The number of hydrogen-bond acceptors (Lipinski definition) is 5. The molecule has 1 atom stereocenters. The van der Waals surface area contributed by atoms with Gasteiger partial charge in [0.25, 0.3) is 0 Å². The van der Waals surface area contributed by atoms with Crippen LogP contribution in [0.1, 0.15) is 0 Å². The fourth-order valence-electron chi connectivity index (χ4n) is 2.64. The van der Waals surface area contributed by atoms with Crippen LogP contribution in [0.3, 0.4) is 0 Å². The monoisotopic (exact) mass is 321 g/mol. The summed E-state index contributed by atoms with van der Waals surface area (Å²) in [5.74, 6) is 0. The Bertz CT molecular complexity index is 552. The van der Waals surface area contributed by atoms with Crippen LogP contribution in [0.2, 0.25) is 4.34 Å². The highest BCUT2D eigenvalue weighted by Crippen LogP contribution is 2.25. The fraction of sp³-hybridized carbons (Fsp3) is 0.636. The van der Waals surface area contributed by atoms with E-state index in [1.807, 2.05) is 0 Å². The van der Waals surface area contributed by atoms with Crippen LogP contribution in [-0.2, 0) is 10.0 Å². The molecule has 1 aromatic heterocycles. The van der Waals surface area contributed by atoms with E-state index >= 15 is 0 Å². The number of halogens is 1. The highest BCUT2D eigenvalue weighted by Gasteiger charge is 2.32. The SMILES string of the molecule is O=S(=O)(NCC1CN2CCN1CC2)c1ccc(Cl)s1. The molecule has 0 spiro atoms. The Morgan fingerprint density at radius 3 is 2.58 bits per heavy atom. The molecule has 0 amide bonds. The van der Waals surface area contributed by atoms with E-state index in [1.54, 1.807) is 12.1 Å². The van der Waals surface area contributed by atoms with Crippen LogP contribution in [0.4, 0.5) is 0 Å². The third kappa shape index (κ3) is 2.96. The number of nitrogens with one attached hydrogen (secondary N) is 1. The lowest BCUT2D eigenvalue weighted by Gasteiger charge is -2.47. The van der Waals surface area contributed by atoms with Gasteiger partial charge in [-0.25, -0.2) is 13.1 Å². The van der Waals surface area contributed by atoms with E-state index in [2.05, 4.69) is 14.5 Å². The van der Waals surface area contributed by atoms with Gasteiger partial charge in [0.2, 0.25) is 10.0 Å². The number of rotatable bonds is 4. The molecule has 19 heavy (non-hydrogen) atoms. The second kappa shape index (κ2) is 5.31. The molecule has 4 rings (SSSR count). The van der Waals surface area contributed by atoms with E-state index in [4.69, 9.17) is 11.6 Å². The van der Waals surface area contributed by atoms with Crippen LogP contribution in [0.15, 0.2) is 16.3 Å². The third-order valence-electron chi connectivity index (χ3n) is 3.71. The van der Waals surface area contributed by atoms with Crippen molar-refractivity contribution < 1.29 is 8.42 Å². The number of nitrogens with zero attached hydrogens (tertiary/aromatic N) is 2. The predicted octanol–water partition coefficient (Wildman–Crippen LogP) is 0.680. The van der Waals surface area contributed by atoms with Gasteiger partial charge in [-0.2, -0.15) is 0 Å². The van der Waals surface area contributed by atoms with Gasteiger partial charge in [-0.15, -0.1) is 11.3 Å². The lowest BCUT2D eigenvalue weighted by molar-refractivity contribution is 0.0158. The molecule has 8 heteroatoms. The maximum absolute atomic E-state index is 12.1. The molecule has 106 valence electrons. The Balaban J connectivity index is 1.63. The summed E-state index contributed by atoms with van der Waals surface area (Å²) in [4.78, 5) is 4.75. The first kappa shape index (κ1) is 13.8. The lowest BCUT2D eigenvalue weighted by atomic mass is 10.1. The summed E-state index contributed by atoms with van der Waals surface area (Å²) in [6.45, 7) is 5.70. The maximum Gasteiger partial charge on any atom is 0.250 e. The molecule has 3 aliphatic rings. The van der Waals surface area contributed by atoms with Gasteiger partial charge < -0.3 is 0 Å². The molecule has 2 bridgehead atoms. The zero-order valence-electron chi connectivity index (χ0n) is 10.4. The normalized spacial score (nSPS) is 30.7. The lowest BCUT2D eigenvalue weighted by Crippen LogP contribution is -2.63. The molecule has 1 N–H and O–H groups in total. The first-order valence-electron chi connectivity index (χ1n) is 6.26. The highest BCUT2D eigenvalue weighted by molar-refractivity contribution is 7.91. The van der Waals surface area contributed by atoms with Gasteiger partial charge in [-0.1, -0.05) is 11.6 Å².